The zero-order valence-electron chi connectivity index (χ0n) is 8.79. The van der Waals surface area contributed by atoms with E-state index in [1.807, 2.05) is 12.3 Å². The fourth-order valence-corrected chi connectivity index (χ4v) is 2.21. The Labute approximate surface area is 99.2 Å². The van der Waals surface area contributed by atoms with Crippen LogP contribution in [-0.4, -0.2) is 15.0 Å². The number of aromatic nitrogens is 3. The molecular formula is C11H7F2N3S. The van der Waals surface area contributed by atoms with Crippen molar-refractivity contribution in [2.75, 3.05) is 0 Å². The highest BCUT2D eigenvalue weighted by Crippen LogP contribution is 2.24. The maximum absolute atomic E-state index is 13.5. The van der Waals surface area contributed by atoms with Crippen molar-refractivity contribution in [3.63, 3.8) is 0 Å². The summed E-state index contributed by atoms with van der Waals surface area (Å²) in [5.41, 5.74) is 1.11. The monoisotopic (exact) mass is 251 g/mol. The average molecular weight is 251 g/mol. The van der Waals surface area contributed by atoms with Crippen LogP contribution in [0.3, 0.4) is 0 Å². The van der Waals surface area contributed by atoms with Crippen molar-refractivity contribution in [1.82, 2.24) is 15.0 Å². The minimum atomic E-state index is -0.933. The maximum atomic E-state index is 13.5. The molecule has 2 heterocycles. The summed E-state index contributed by atoms with van der Waals surface area (Å²) >= 11 is 1.48. The third kappa shape index (κ3) is 1.61. The van der Waals surface area contributed by atoms with Crippen LogP contribution in [0.4, 0.5) is 8.78 Å². The average Bonchev–Trinajstić information content (AvgIpc) is 2.90. The van der Waals surface area contributed by atoms with Gasteiger partial charge in [0.1, 0.15) is 11.2 Å². The van der Waals surface area contributed by atoms with Gasteiger partial charge in [-0.3, -0.25) is 0 Å². The lowest BCUT2D eigenvalue weighted by atomic mass is 10.3. The molecular weight excluding hydrogens is 244 g/mol. The molecule has 0 atom stereocenters. The van der Waals surface area contributed by atoms with Crippen molar-refractivity contribution in [2.24, 2.45) is 0 Å². The Morgan fingerprint density at radius 1 is 1.24 bits per heavy atom. The molecule has 0 saturated carbocycles. The Morgan fingerprint density at radius 2 is 2.06 bits per heavy atom. The minimum absolute atomic E-state index is 0.00523. The van der Waals surface area contributed by atoms with E-state index in [9.17, 15) is 8.78 Å². The number of aromatic amines is 1. The smallest absolute Gasteiger partial charge is 0.186 e. The molecule has 0 bridgehead atoms. The number of H-pyrrole nitrogens is 1. The van der Waals surface area contributed by atoms with E-state index in [1.54, 1.807) is 0 Å². The number of benzene rings is 1. The quantitative estimate of drug-likeness (QED) is 0.721. The predicted molar refractivity (Wildman–Crippen MR) is 61.9 cm³/mol. The first-order chi connectivity index (χ1) is 8.15. The number of nitrogens with zero attached hydrogens (tertiary/aromatic N) is 2. The molecule has 0 amide bonds. The molecule has 6 heteroatoms. The summed E-state index contributed by atoms with van der Waals surface area (Å²) < 4.78 is 26.5. The van der Waals surface area contributed by atoms with Gasteiger partial charge in [-0.2, -0.15) is 0 Å². The maximum Gasteiger partial charge on any atom is 0.186 e. The van der Waals surface area contributed by atoms with E-state index in [-0.39, 0.29) is 5.52 Å². The van der Waals surface area contributed by atoms with Gasteiger partial charge >= 0.3 is 0 Å². The first-order valence-corrected chi connectivity index (χ1v) is 5.79. The largest absolute Gasteiger partial charge is 0.337 e. The molecule has 1 aromatic carbocycles. The second-order valence-electron chi connectivity index (χ2n) is 3.59. The predicted octanol–water partition coefficient (Wildman–Crippen LogP) is 3.27. The van der Waals surface area contributed by atoms with Crippen molar-refractivity contribution in [3.05, 3.63) is 34.2 Å². The fraction of sp³-hybridized carbons (Fsp3) is 0.0909. The number of fused-ring (bicyclic) bond motifs is 1. The van der Waals surface area contributed by atoms with Crippen LogP contribution in [0.25, 0.3) is 22.6 Å². The van der Waals surface area contributed by atoms with Crippen LogP contribution in [0.15, 0.2) is 17.5 Å². The second kappa shape index (κ2) is 3.59. The van der Waals surface area contributed by atoms with Crippen molar-refractivity contribution >= 4 is 22.4 Å². The van der Waals surface area contributed by atoms with Crippen molar-refractivity contribution in [3.8, 4) is 11.5 Å². The van der Waals surface area contributed by atoms with E-state index < -0.39 is 11.6 Å². The summed E-state index contributed by atoms with van der Waals surface area (Å²) in [5.74, 6) is -1.38. The Morgan fingerprint density at radius 3 is 2.76 bits per heavy atom. The van der Waals surface area contributed by atoms with Crippen molar-refractivity contribution in [2.45, 2.75) is 6.92 Å². The lowest BCUT2D eigenvalue weighted by Crippen LogP contribution is -1.84. The Hall–Kier alpha value is -1.82. The number of hydrogen-bond acceptors (Lipinski definition) is 3. The van der Waals surface area contributed by atoms with E-state index in [2.05, 4.69) is 15.0 Å². The van der Waals surface area contributed by atoms with Gasteiger partial charge in [-0.1, -0.05) is 0 Å². The van der Waals surface area contributed by atoms with Gasteiger partial charge in [0.2, 0.25) is 0 Å². The Balaban J connectivity index is 2.23. The van der Waals surface area contributed by atoms with Gasteiger partial charge in [-0.05, 0) is 19.1 Å². The van der Waals surface area contributed by atoms with Crippen LogP contribution in [0.2, 0.25) is 0 Å². The summed E-state index contributed by atoms with van der Waals surface area (Å²) in [6, 6.07) is 2.54. The molecule has 3 aromatic rings. The first kappa shape index (κ1) is 10.3. The van der Waals surface area contributed by atoms with E-state index in [0.717, 1.165) is 11.1 Å². The van der Waals surface area contributed by atoms with Gasteiger partial charge in [0, 0.05) is 5.38 Å². The summed E-state index contributed by atoms with van der Waals surface area (Å²) in [6.07, 6.45) is 0. The highest BCUT2D eigenvalue weighted by molar-refractivity contribution is 7.09. The molecule has 0 aliphatic rings. The van der Waals surface area contributed by atoms with Crippen LogP contribution < -0.4 is 0 Å². The second-order valence-corrected chi connectivity index (χ2v) is 4.66. The van der Waals surface area contributed by atoms with Crippen LogP contribution in [0, 0.1) is 18.6 Å². The third-order valence-corrected chi connectivity index (χ3v) is 3.18. The zero-order valence-corrected chi connectivity index (χ0v) is 9.61. The molecule has 0 saturated heterocycles. The van der Waals surface area contributed by atoms with E-state index >= 15 is 0 Å². The SMILES string of the molecule is Cc1nc(-c2nc3c(F)c(F)ccc3[nH]2)cs1. The zero-order chi connectivity index (χ0) is 12.0. The van der Waals surface area contributed by atoms with Gasteiger partial charge < -0.3 is 4.98 Å². The summed E-state index contributed by atoms with van der Waals surface area (Å²) in [6.45, 7) is 1.87. The van der Waals surface area contributed by atoms with E-state index in [0.29, 0.717) is 17.0 Å². The summed E-state index contributed by atoms with van der Waals surface area (Å²) in [7, 11) is 0. The van der Waals surface area contributed by atoms with Gasteiger partial charge in [-0.15, -0.1) is 11.3 Å². The topological polar surface area (TPSA) is 41.6 Å². The summed E-state index contributed by atoms with van der Waals surface area (Å²) in [4.78, 5) is 11.2. The first-order valence-electron chi connectivity index (χ1n) is 4.91. The lowest BCUT2D eigenvalue weighted by molar-refractivity contribution is 0.515. The van der Waals surface area contributed by atoms with Crippen molar-refractivity contribution in [1.29, 1.82) is 0 Å². The normalized spacial score (nSPS) is 11.2. The fourth-order valence-electron chi connectivity index (χ4n) is 1.61. The molecule has 0 aliphatic heterocycles. The van der Waals surface area contributed by atoms with Crippen LogP contribution in [-0.2, 0) is 0 Å². The highest BCUT2D eigenvalue weighted by atomic mass is 32.1. The van der Waals surface area contributed by atoms with Crippen LogP contribution in [0.1, 0.15) is 5.01 Å². The lowest BCUT2D eigenvalue weighted by Gasteiger charge is -1.91. The number of aryl methyl sites for hydroxylation is 1. The highest BCUT2D eigenvalue weighted by Gasteiger charge is 2.13. The molecule has 0 fully saturated rings. The number of hydrogen-bond donors (Lipinski definition) is 1. The van der Waals surface area contributed by atoms with Crippen LogP contribution >= 0.6 is 11.3 Å². The Kier molecular flexibility index (Phi) is 2.19. The summed E-state index contributed by atoms with van der Waals surface area (Å²) in [5, 5.41) is 2.72. The molecule has 1 N–H and O–H groups in total. The van der Waals surface area contributed by atoms with Gasteiger partial charge in [0.25, 0.3) is 0 Å². The number of rotatable bonds is 1. The molecule has 86 valence electrons. The van der Waals surface area contributed by atoms with Gasteiger partial charge in [0.05, 0.1) is 10.5 Å². The van der Waals surface area contributed by atoms with Crippen molar-refractivity contribution < 1.29 is 8.78 Å². The molecule has 0 aliphatic carbocycles. The molecule has 0 unspecified atom stereocenters. The van der Waals surface area contributed by atoms with Gasteiger partial charge in [-0.25, -0.2) is 18.7 Å². The molecule has 0 radical (unpaired) electrons. The van der Waals surface area contributed by atoms with E-state index in [1.165, 1.54) is 17.4 Å². The standard InChI is InChI=1S/C11H7F2N3S/c1-5-14-8(4-17-5)11-15-7-3-2-6(12)9(13)10(7)16-11/h2-4H,1H3,(H,15,16). The number of nitrogens with one attached hydrogen (secondary N) is 1. The minimum Gasteiger partial charge on any atom is -0.337 e. The number of halogens is 2. The van der Waals surface area contributed by atoms with Gasteiger partial charge in [0.15, 0.2) is 17.5 Å². The molecule has 3 rings (SSSR count). The molecule has 2 aromatic heterocycles. The Bertz CT molecular complexity index is 702. The molecule has 0 spiro atoms. The van der Waals surface area contributed by atoms with Crippen LogP contribution in [0.5, 0.6) is 0 Å². The number of thiazole rings is 1. The van der Waals surface area contributed by atoms with E-state index in [4.69, 9.17) is 0 Å². The third-order valence-electron chi connectivity index (χ3n) is 2.41. The molecule has 3 nitrogen and oxygen atoms in total. The molecule has 17 heavy (non-hydrogen) atoms. The number of imidazole rings is 1.